The molecular weight excluding hydrogens is 302 g/mol. The molecule has 1 N–H and O–H groups in total. The molecule has 122 valence electrons. The third kappa shape index (κ3) is 2.95. The molecule has 0 bridgehead atoms. The maximum Gasteiger partial charge on any atom is 0.335 e. The first kappa shape index (κ1) is 16.0. The van der Waals surface area contributed by atoms with E-state index in [1.54, 1.807) is 22.8 Å². The summed E-state index contributed by atoms with van der Waals surface area (Å²) in [6.07, 6.45) is 0. The van der Waals surface area contributed by atoms with Crippen LogP contribution >= 0.6 is 0 Å². The van der Waals surface area contributed by atoms with Gasteiger partial charge in [-0.25, -0.2) is 4.79 Å². The number of pyridine rings is 1. The minimum absolute atomic E-state index is 0.0867. The van der Waals surface area contributed by atoms with Crippen LogP contribution in [-0.4, -0.2) is 15.6 Å². The second-order valence-electron chi connectivity index (χ2n) is 6.21. The fourth-order valence-corrected chi connectivity index (χ4v) is 2.97. The van der Waals surface area contributed by atoms with Crippen LogP contribution in [0.2, 0.25) is 0 Å². The highest BCUT2D eigenvalue weighted by molar-refractivity contribution is 5.95. The molecular formula is C20H19NO3. The van der Waals surface area contributed by atoms with Crippen LogP contribution in [0.25, 0.3) is 10.9 Å². The van der Waals surface area contributed by atoms with Crippen molar-refractivity contribution in [3.63, 3.8) is 0 Å². The number of carboxylic acids is 1. The number of fused-ring (bicyclic) bond motifs is 1. The molecule has 0 amide bonds. The third-order valence-corrected chi connectivity index (χ3v) is 4.16. The molecule has 0 spiro atoms. The molecule has 4 nitrogen and oxygen atoms in total. The summed E-state index contributed by atoms with van der Waals surface area (Å²) in [5.41, 5.74) is 2.88. The van der Waals surface area contributed by atoms with Crippen molar-refractivity contribution in [2.24, 2.45) is 0 Å². The number of hydrogen-bond acceptors (Lipinski definition) is 2. The highest BCUT2D eigenvalue weighted by atomic mass is 16.4. The number of carbonyl (C=O) groups is 1. The largest absolute Gasteiger partial charge is 0.478 e. The van der Waals surface area contributed by atoms with Crippen LogP contribution in [0.4, 0.5) is 0 Å². The average Bonchev–Trinajstić information content (AvgIpc) is 2.57. The molecule has 3 rings (SSSR count). The number of benzene rings is 2. The van der Waals surface area contributed by atoms with Crippen molar-refractivity contribution in [2.45, 2.75) is 26.3 Å². The Morgan fingerprint density at radius 2 is 1.79 bits per heavy atom. The van der Waals surface area contributed by atoms with E-state index in [1.807, 2.05) is 44.2 Å². The third-order valence-electron chi connectivity index (χ3n) is 4.16. The molecule has 0 saturated carbocycles. The first-order valence-electron chi connectivity index (χ1n) is 7.92. The Morgan fingerprint density at radius 3 is 2.42 bits per heavy atom. The zero-order chi connectivity index (χ0) is 17.3. The second kappa shape index (κ2) is 6.32. The van der Waals surface area contributed by atoms with Gasteiger partial charge in [0.05, 0.1) is 17.6 Å². The lowest BCUT2D eigenvalue weighted by atomic mass is 9.96. The standard InChI is InChI=1S/C20H19NO3/c1-13(2)17-11-16(20(23)24)10-15-8-9-18(22)21(19(15)17)12-14-6-4-3-5-7-14/h3-11,13H,12H2,1-2H3,(H,23,24). The summed E-state index contributed by atoms with van der Waals surface area (Å²) < 4.78 is 1.73. The number of aromatic nitrogens is 1. The van der Waals surface area contributed by atoms with Crippen molar-refractivity contribution in [3.05, 3.63) is 81.6 Å². The van der Waals surface area contributed by atoms with E-state index < -0.39 is 5.97 Å². The summed E-state index contributed by atoms with van der Waals surface area (Å²) in [4.78, 5) is 23.9. The van der Waals surface area contributed by atoms with E-state index in [1.165, 1.54) is 6.07 Å². The molecule has 0 fully saturated rings. The topological polar surface area (TPSA) is 59.3 Å². The van der Waals surface area contributed by atoms with Gasteiger partial charge in [-0.2, -0.15) is 0 Å². The summed E-state index contributed by atoms with van der Waals surface area (Å²) in [5.74, 6) is -0.852. The maximum atomic E-state index is 12.5. The van der Waals surface area contributed by atoms with Crippen LogP contribution in [0, 0.1) is 0 Å². The lowest BCUT2D eigenvalue weighted by molar-refractivity contribution is 0.0697. The fraction of sp³-hybridized carbons (Fsp3) is 0.200. The van der Waals surface area contributed by atoms with Gasteiger partial charge < -0.3 is 9.67 Å². The van der Waals surface area contributed by atoms with Crippen molar-refractivity contribution >= 4 is 16.9 Å². The van der Waals surface area contributed by atoms with Crippen LogP contribution in [0.15, 0.2) is 59.4 Å². The molecule has 0 aliphatic heterocycles. The number of carboxylic acid groups (broad SMARTS) is 1. The van der Waals surface area contributed by atoms with E-state index in [4.69, 9.17) is 0 Å². The maximum absolute atomic E-state index is 12.5. The van der Waals surface area contributed by atoms with Crippen molar-refractivity contribution in [3.8, 4) is 0 Å². The van der Waals surface area contributed by atoms with Gasteiger partial charge in [-0.1, -0.05) is 44.2 Å². The summed E-state index contributed by atoms with van der Waals surface area (Å²) in [5, 5.41) is 10.1. The number of hydrogen-bond donors (Lipinski definition) is 1. The second-order valence-corrected chi connectivity index (χ2v) is 6.21. The normalized spacial score (nSPS) is 11.1. The first-order chi connectivity index (χ1) is 11.5. The van der Waals surface area contributed by atoms with Gasteiger partial charge in [-0.05, 0) is 40.6 Å². The van der Waals surface area contributed by atoms with Crippen LogP contribution in [0.3, 0.4) is 0 Å². The smallest absolute Gasteiger partial charge is 0.335 e. The quantitative estimate of drug-likeness (QED) is 0.793. The van der Waals surface area contributed by atoms with Crippen LogP contribution in [0.5, 0.6) is 0 Å². The minimum atomic E-state index is -0.959. The molecule has 4 heteroatoms. The monoisotopic (exact) mass is 321 g/mol. The van der Waals surface area contributed by atoms with E-state index >= 15 is 0 Å². The number of nitrogens with zero attached hydrogens (tertiary/aromatic N) is 1. The molecule has 2 aromatic carbocycles. The molecule has 0 aliphatic carbocycles. The highest BCUT2D eigenvalue weighted by Crippen LogP contribution is 2.27. The van der Waals surface area contributed by atoms with Gasteiger partial charge in [0.25, 0.3) is 5.56 Å². The Hall–Kier alpha value is -2.88. The van der Waals surface area contributed by atoms with E-state index in [0.717, 1.165) is 22.0 Å². The minimum Gasteiger partial charge on any atom is -0.478 e. The fourth-order valence-electron chi connectivity index (χ4n) is 2.97. The van der Waals surface area contributed by atoms with Gasteiger partial charge >= 0.3 is 5.97 Å². The van der Waals surface area contributed by atoms with Crippen molar-refractivity contribution in [1.29, 1.82) is 0 Å². The van der Waals surface area contributed by atoms with Gasteiger partial charge in [0.15, 0.2) is 0 Å². The molecule has 3 aromatic rings. The summed E-state index contributed by atoms with van der Waals surface area (Å²) in [7, 11) is 0. The van der Waals surface area contributed by atoms with Gasteiger partial charge in [0.1, 0.15) is 0 Å². The van der Waals surface area contributed by atoms with Gasteiger partial charge in [0.2, 0.25) is 0 Å². The Labute approximate surface area is 140 Å². The predicted octanol–water partition coefficient (Wildman–Crippen LogP) is 3.87. The molecule has 0 saturated heterocycles. The molecule has 0 aliphatic rings. The Morgan fingerprint density at radius 1 is 1.08 bits per heavy atom. The highest BCUT2D eigenvalue weighted by Gasteiger charge is 2.15. The van der Waals surface area contributed by atoms with E-state index in [-0.39, 0.29) is 17.0 Å². The van der Waals surface area contributed by atoms with Crippen molar-refractivity contribution in [2.75, 3.05) is 0 Å². The molecule has 24 heavy (non-hydrogen) atoms. The molecule has 1 heterocycles. The lowest BCUT2D eigenvalue weighted by Gasteiger charge is -2.17. The first-order valence-corrected chi connectivity index (χ1v) is 7.92. The van der Waals surface area contributed by atoms with Crippen LogP contribution < -0.4 is 5.56 Å². The average molecular weight is 321 g/mol. The van der Waals surface area contributed by atoms with Crippen LogP contribution in [0.1, 0.15) is 41.3 Å². The van der Waals surface area contributed by atoms with Crippen LogP contribution in [-0.2, 0) is 6.54 Å². The van der Waals surface area contributed by atoms with Gasteiger partial charge in [0, 0.05) is 6.07 Å². The van der Waals surface area contributed by atoms with E-state index in [9.17, 15) is 14.7 Å². The molecule has 0 radical (unpaired) electrons. The number of rotatable bonds is 4. The van der Waals surface area contributed by atoms with E-state index in [2.05, 4.69) is 0 Å². The molecule has 0 atom stereocenters. The zero-order valence-corrected chi connectivity index (χ0v) is 13.7. The summed E-state index contributed by atoms with van der Waals surface area (Å²) in [6.45, 7) is 4.47. The van der Waals surface area contributed by atoms with Gasteiger partial charge in [-0.15, -0.1) is 0 Å². The summed E-state index contributed by atoms with van der Waals surface area (Å²) in [6, 6.07) is 16.3. The Bertz CT molecular complexity index is 956. The van der Waals surface area contributed by atoms with E-state index in [0.29, 0.717) is 6.54 Å². The Balaban J connectivity index is 2.30. The molecule has 1 aromatic heterocycles. The zero-order valence-electron chi connectivity index (χ0n) is 13.7. The van der Waals surface area contributed by atoms with Gasteiger partial charge in [-0.3, -0.25) is 4.79 Å². The lowest BCUT2D eigenvalue weighted by Crippen LogP contribution is -2.21. The number of aromatic carboxylic acids is 1. The van der Waals surface area contributed by atoms with Crippen molar-refractivity contribution < 1.29 is 9.90 Å². The summed E-state index contributed by atoms with van der Waals surface area (Å²) >= 11 is 0. The Kier molecular flexibility index (Phi) is 4.21. The van der Waals surface area contributed by atoms with Crippen molar-refractivity contribution in [1.82, 2.24) is 4.57 Å². The predicted molar refractivity (Wildman–Crippen MR) is 94.8 cm³/mol. The molecule has 0 unspecified atom stereocenters. The SMILES string of the molecule is CC(C)c1cc(C(=O)O)cc2ccc(=O)n(Cc3ccccc3)c12.